The van der Waals surface area contributed by atoms with Gasteiger partial charge in [-0.2, -0.15) is 0 Å². The highest BCUT2D eigenvalue weighted by Gasteiger charge is 2.17. The maximum absolute atomic E-state index is 11.6. The fraction of sp³-hybridized carbons (Fsp3) is 0.231. The lowest BCUT2D eigenvalue weighted by molar-refractivity contribution is 0.0516. The van der Waals surface area contributed by atoms with Gasteiger partial charge >= 0.3 is 5.97 Å². The van der Waals surface area contributed by atoms with E-state index in [1.165, 1.54) is 11.3 Å². The summed E-state index contributed by atoms with van der Waals surface area (Å²) in [6.45, 7) is 2.09. The molecule has 1 heterocycles. The topological polar surface area (TPSA) is 39.2 Å². The average Bonchev–Trinajstić information content (AvgIpc) is 2.74. The zero-order chi connectivity index (χ0) is 13.8. The molecule has 0 fully saturated rings. The van der Waals surface area contributed by atoms with Crippen LogP contribution in [0.1, 0.15) is 28.0 Å². The lowest BCUT2D eigenvalue weighted by Crippen LogP contribution is -2.06. The zero-order valence-electron chi connectivity index (χ0n) is 10.2. The van der Waals surface area contributed by atoms with Gasteiger partial charge in [0.25, 0.3) is 0 Å². The van der Waals surface area contributed by atoms with Crippen LogP contribution in [0.5, 0.6) is 0 Å². The van der Waals surface area contributed by atoms with Gasteiger partial charge in [0.15, 0.2) is 5.69 Å². The molecule has 0 aliphatic heterocycles. The number of carbonyl (C=O) groups is 1. The van der Waals surface area contributed by atoms with Crippen LogP contribution in [0.15, 0.2) is 28.5 Å². The molecule has 2 aromatic rings. The molecule has 3 nitrogen and oxygen atoms in total. The van der Waals surface area contributed by atoms with Crippen LogP contribution in [0.2, 0.25) is 5.02 Å². The first-order valence-electron chi connectivity index (χ1n) is 5.70. The Morgan fingerprint density at radius 3 is 2.74 bits per heavy atom. The quantitative estimate of drug-likeness (QED) is 0.688. The van der Waals surface area contributed by atoms with Gasteiger partial charge in [-0.05, 0) is 24.6 Å². The van der Waals surface area contributed by atoms with Crippen molar-refractivity contribution in [2.75, 3.05) is 6.61 Å². The summed E-state index contributed by atoms with van der Waals surface area (Å²) in [4.78, 5) is 15.9. The Balaban J connectivity index is 2.16. The van der Waals surface area contributed by atoms with Crippen LogP contribution in [0.25, 0.3) is 0 Å². The van der Waals surface area contributed by atoms with Crippen molar-refractivity contribution in [3.05, 3.63) is 45.6 Å². The molecule has 19 heavy (non-hydrogen) atoms. The fourth-order valence-electron chi connectivity index (χ4n) is 1.54. The van der Waals surface area contributed by atoms with E-state index in [0.29, 0.717) is 28.0 Å². The van der Waals surface area contributed by atoms with Gasteiger partial charge in [0.2, 0.25) is 0 Å². The highest BCUT2D eigenvalue weighted by Crippen LogP contribution is 2.25. The van der Waals surface area contributed by atoms with Crippen molar-refractivity contribution in [2.45, 2.75) is 17.6 Å². The summed E-state index contributed by atoms with van der Waals surface area (Å²) in [5.41, 5.74) is 1.38. The summed E-state index contributed by atoms with van der Waals surface area (Å²) in [7, 11) is 0. The van der Waals surface area contributed by atoms with Crippen LogP contribution in [0, 0.1) is 0 Å². The third kappa shape index (κ3) is 3.72. The first-order chi connectivity index (χ1) is 9.10. The lowest BCUT2D eigenvalue weighted by atomic mass is 10.2. The van der Waals surface area contributed by atoms with E-state index in [2.05, 4.69) is 17.6 Å². The van der Waals surface area contributed by atoms with E-state index >= 15 is 0 Å². The smallest absolute Gasteiger partial charge is 0.358 e. The van der Waals surface area contributed by atoms with Gasteiger partial charge in [-0.15, -0.1) is 24.0 Å². The molecule has 0 N–H and O–H groups in total. The van der Waals surface area contributed by atoms with E-state index < -0.39 is 5.97 Å². The number of halogens is 1. The zero-order valence-corrected chi connectivity index (χ0v) is 12.7. The Morgan fingerprint density at radius 2 is 2.11 bits per heavy atom. The number of nitrogens with zero attached hydrogens (tertiary/aromatic N) is 1. The van der Waals surface area contributed by atoms with Crippen LogP contribution in [-0.2, 0) is 11.2 Å². The Bertz CT molecular complexity index is 581. The Labute approximate surface area is 126 Å². The molecule has 100 valence electrons. The Morgan fingerprint density at radius 1 is 1.42 bits per heavy atom. The predicted molar refractivity (Wildman–Crippen MR) is 79.6 cm³/mol. The van der Waals surface area contributed by atoms with Crippen LogP contribution in [0.4, 0.5) is 0 Å². The minimum Gasteiger partial charge on any atom is -0.461 e. The molecule has 0 radical (unpaired) electrons. The van der Waals surface area contributed by atoms with Crippen LogP contribution in [0.3, 0.4) is 0 Å². The van der Waals surface area contributed by atoms with Crippen LogP contribution >= 0.6 is 35.6 Å². The second kappa shape index (κ2) is 6.41. The van der Waals surface area contributed by atoms with Gasteiger partial charge in [-0.1, -0.05) is 23.7 Å². The summed E-state index contributed by atoms with van der Waals surface area (Å²) in [5, 5.41) is 1.53. The molecule has 1 aromatic heterocycles. The normalized spacial score (nSPS) is 10.5. The summed E-state index contributed by atoms with van der Waals surface area (Å²) >= 11 is 11.5. The van der Waals surface area contributed by atoms with E-state index in [1.54, 1.807) is 6.92 Å². The van der Waals surface area contributed by atoms with E-state index in [4.69, 9.17) is 16.3 Å². The van der Waals surface area contributed by atoms with Crippen molar-refractivity contribution < 1.29 is 9.53 Å². The third-order valence-corrected chi connectivity index (χ3v) is 3.99. The summed E-state index contributed by atoms with van der Waals surface area (Å²) in [5.74, 6) is -0.425. The molecular weight excluding hydrogens is 302 g/mol. The van der Waals surface area contributed by atoms with Crippen molar-refractivity contribution in [3.63, 3.8) is 0 Å². The average molecular weight is 314 g/mol. The van der Waals surface area contributed by atoms with Crippen LogP contribution in [-0.4, -0.2) is 17.6 Å². The fourth-order valence-corrected chi connectivity index (χ4v) is 2.95. The number of esters is 1. The number of rotatable bonds is 4. The molecule has 1 aromatic carbocycles. The molecule has 0 saturated carbocycles. The summed E-state index contributed by atoms with van der Waals surface area (Å²) in [6.07, 6.45) is 0.648. The molecule has 0 spiro atoms. The van der Waals surface area contributed by atoms with Crippen LogP contribution < -0.4 is 0 Å². The number of thiol groups is 1. The van der Waals surface area contributed by atoms with Crippen molar-refractivity contribution in [1.82, 2.24) is 4.98 Å². The number of ether oxygens (including phenoxy) is 1. The molecule has 0 aliphatic rings. The summed E-state index contributed by atoms with van der Waals surface area (Å²) in [6, 6.07) is 7.54. The molecule has 0 amide bonds. The predicted octanol–water partition coefficient (Wildman–Crippen LogP) is 3.85. The molecule has 0 aliphatic carbocycles. The Kier molecular flexibility index (Phi) is 4.85. The highest BCUT2D eigenvalue weighted by molar-refractivity contribution is 7.83. The van der Waals surface area contributed by atoms with Crippen molar-refractivity contribution in [2.24, 2.45) is 0 Å². The van der Waals surface area contributed by atoms with Crippen molar-refractivity contribution in [1.29, 1.82) is 0 Å². The largest absolute Gasteiger partial charge is 0.461 e. The monoisotopic (exact) mass is 313 g/mol. The standard InChI is InChI=1S/C13H12ClNO2S2/c1-2-17-12(16)11-13(18)19-10(15-11)7-8-3-5-9(14)6-4-8/h3-6,18H,2,7H2,1H3. The highest BCUT2D eigenvalue weighted by atomic mass is 35.5. The van der Waals surface area contributed by atoms with Gasteiger partial charge in [-0.3, -0.25) is 0 Å². The van der Waals surface area contributed by atoms with Gasteiger partial charge in [0.05, 0.1) is 15.8 Å². The number of thiazole rings is 1. The minimum absolute atomic E-state index is 0.291. The molecule has 0 saturated heterocycles. The van der Waals surface area contributed by atoms with Crippen molar-refractivity contribution >= 4 is 41.5 Å². The molecule has 2 rings (SSSR count). The van der Waals surface area contributed by atoms with Gasteiger partial charge < -0.3 is 4.74 Å². The maximum Gasteiger partial charge on any atom is 0.358 e. The second-order valence-corrected chi connectivity index (χ2v) is 6.05. The molecule has 0 unspecified atom stereocenters. The number of benzene rings is 1. The van der Waals surface area contributed by atoms with E-state index in [-0.39, 0.29) is 0 Å². The number of hydrogen-bond acceptors (Lipinski definition) is 5. The van der Waals surface area contributed by atoms with E-state index in [9.17, 15) is 4.79 Å². The van der Waals surface area contributed by atoms with Gasteiger partial charge in [-0.25, -0.2) is 9.78 Å². The van der Waals surface area contributed by atoms with Gasteiger partial charge in [0.1, 0.15) is 0 Å². The Hall–Kier alpha value is -1.04. The molecule has 6 heteroatoms. The molecule has 0 atom stereocenters. The first kappa shape index (κ1) is 14.4. The number of hydrogen-bond donors (Lipinski definition) is 1. The maximum atomic E-state index is 11.6. The second-order valence-electron chi connectivity index (χ2n) is 3.79. The minimum atomic E-state index is -0.425. The van der Waals surface area contributed by atoms with E-state index in [1.807, 2.05) is 24.3 Å². The number of aromatic nitrogens is 1. The third-order valence-electron chi connectivity index (χ3n) is 2.39. The van der Waals surface area contributed by atoms with Gasteiger partial charge in [0, 0.05) is 11.4 Å². The number of carbonyl (C=O) groups excluding carboxylic acids is 1. The van der Waals surface area contributed by atoms with Crippen molar-refractivity contribution in [3.8, 4) is 0 Å². The van der Waals surface area contributed by atoms with E-state index in [0.717, 1.165) is 10.6 Å². The lowest BCUT2D eigenvalue weighted by Gasteiger charge is -1.98. The molecule has 0 bridgehead atoms. The SMILES string of the molecule is CCOC(=O)c1nc(Cc2ccc(Cl)cc2)sc1S. The first-order valence-corrected chi connectivity index (χ1v) is 7.34. The summed E-state index contributed by atoms with van der Waals surface area (Å²) < 4.78 is 5.51. The molecular formula is C13H12ClNO2S2.